The molecule has 1 aromatic heterocycles. The van der Waals surface area contributed by atoms with Crippen molar-refractivity contribution in [2.75, 3.05) is 43.5 Å². The van der Waals surface area contributed by atoms with Crippen LogP contribution in [0.3, 0.4) is 0 Å². The molecule has 0 bridgehead atoms. The van der Waals surface area contributed by atoms with E-state index in [9.17, 15) is 9.59 Å². The van der Waals surface area contributed by atoms with Gasteiger partial charge in [-0.15, -0.1) is 0 Å². The van der Waals surface area contributed by atoms with Crippen molar-refractivity contribution in [3.8, 4) is 5.75 Å². The number of benzene rings is 1. The summed E-state index contributed by atoms with van der Waals surface area (Å²) >= 11 is 1.33. The number of anilines is 2. The van der Waals surface area contributed by atoms with Crippen molar-refractivity contribution in [1.29, 1.82) is 0 Å². The van der Waals surface area contributed by atoms with E-state index in [0.29, 0.717) is 29.4 Å². The van der Waals surface area contributed by atoms with Gasteiger partial charge < -0.3 is 19.9 Å². The fourth-order valence-corrected chi connectivity index (χ4v) is 3.92. The summed E-state index contributed by atoms with van der Waals surface area (Å²) in [6, 6.07) is 7.40. The quantitative estimate of drug-likeness (QED) is 0.870. The highest BCUT2D eigenvalue weighted by Gasteiger charge is 2.31. The minimum absolute atomic E-state index is 0.0464. The molecule has 26 heavy (non-hydrogen) atoms. The Kier molecular flexibility index (Phi) is 5.41. The van der Waals surface area contributed by atoms with Crippen LogP contribution in [0.25, 0.3) is 0 Å². The zero-order chi connectivity index (χ0) is 18.7. The van der Waals surface area contributed by atoms with E-state index in [1.165, 1.54) is 11.3 Å². The first-order chi connectivity index (χ1) is 12.5. The third-order valence-corrected chi connectivity index (χ3v) is 5.31. The molecule has 1 saturated heterocycles. The topological polar surface area (TPSA) is 74.8 Å². The minimum atomic E-state index is -0.142. The van der Waals surface area contributed by atoms with Gasteiger partial charge in [0, 0.05) is 19.6 Å². The Morgan fingerprint density at radius 2 is 2.12 bits per heavy atom. The lowest BCUT2D eigenvalue weighted by atomic mass is 10.2. The number of hydrogen-bond acceptors (Lipinski definition) is 6. The van der Waals surface area contributed by atoms with E-state index in [1.54, 1.807) is 16.9 Å². The van der Waals surface area contributed by atoms with Gasteiger partial charge in [0.1, 0.15) is 17.2 Å². The lowest BCUT2D eigenvalue weighted by Crippen LogP contribution is -2.52. The van der Waals surface area contributed by atoms with Crippen molar-refractivity contribution >= 4 is 34.0 Å². The van der Waals surface area contributed by atoms with Crippen LogP contribution in [0, 0.1) is 6.92 Å². The lowest BCUT2D eigenvalue weighted by molar-refractivity contribution is -0.120. The van der Waals surface area contributed by atoms with E-state index in [4.69, 9.17) is 4.74 Å². The van der Waals surface area contributed by atoms with Gasteiger partial charge in [-0.25, -0.2) is 4.98 Å². The molecule has 0 unspecified atom stereocenters. The van der Waals surface area contributed by atoms with Gasteiger partial charge in [0.2, 0.25) is 5.91 Å². The van der Waals surface area contributed by atoms with Gasteiger partial charge in [-0.1, -0.05) is 23.5 Å². The van der Waals surface area contributed by atoms with Crippen LogP contribution in [0.5, 0.6) is 5.75 Å². The largest absolute Gasteiger partial charge is 0.495 e. The molecule has 1 aliphatic heterocycles. The maximum absolute atomic E-state index is 12.8. The third kappa shape index (κ3) is 3.50. The molecule has 0 aliphatic carbocycles. The highest BCUT2D eigenvalue weighted by atomic mass is 32.1. The number of hydrogen-bond donors (Lipinski definition) is 1. The van der Waals surface area contributed by atoms with Crippen LogP contribution in [0.2, 0.25) is 0 Å². The van der Waals surface area contributed by atoms with E-state index in [1.807, 2.05) is 38.1 Å². The molecule has 2 amide bonds. The van der Waals surface area contributed by atoms with Gasteiger partial charge in [-0.2, -0.15) is 0 Å². The number of methoxy groups -OCH3 is 1. The third-order valence-electron chi connectivity index (χ3n) is 4.20. The Morgan fingerprint density at radius 1 is 1.35 bits per heavy atom. The average molecular weight is 374 g/mol. The summed E-state index contributed by atoms with van der Waals surface area (Å²) in [6.07, 6.45) is 0. The number of amides is 2. The summed E-state index contributed by atoms with van der Waals surface area (Å²) in [5.74, 6) is 0.384. The number of carbonyl (C=O) groups is 2. The highest BCUT2D eigenvalue weighted by molar-refractivity contribution is 7.17. The first-order valence-corrected chi connectivity index (χ1v) is 9.30. The van der Waals surface area contributed by atoms with Gasteiger partial charge in [0.25, 0.3) is 5.91 Å². The molecule has 1 aromatic carbocycles. The second kappa shape index (κ2) is 7.74. The van der Waals surface area contributed by atoms with Gasteiger partial charge in [0.15, 0.2) is 5.13 Å². The first kappa shape index (κ1) is 18.2. The van der Waals surface area contributed by atoms with Crippen molar-refractivity contribution in [2.24, 2.45) is 0 Å². The maximum atomic E-state index is 12.8. The molecule has 0 radical (unpaired) electrons. The van der Waals surface area contributed by atoms with Gasteiger partial charge in [-0.05, 0) is 26.0 Å². The van der Waals surface area contributed by atoms with E-state index in [2.05, 4.69) is 10.3 Å². The monoisotopic (exact) mass is 374 g/mol. The molecule has 1 fully saturated rings. The first-order valence-electron chi connectivity index (χ1n) is 8.49. The Balaban J connectivity index is 1.74. The Labute approximate surface area is 156 Å². The Bertz CT molecular complexity index is 821. The molecule has 8 heteroatoms. The van der Waals surface area contributed by atoms with Crippen molar-refractivity contribution < 1.29 is 14.3 Å². The van der Waals surface area contributed by atoms with E-state index >= 15 is 0 Å². The number of piperazine rings is 1. The van der Waals surface area contributed by atoms with Crippen LogP contribution in [0.15, 0.2) is 24.3 Å². The molecule has 0 saturated carbocycles. The van der Waals surface area contributed by atoms with Crippen LogP contribution in [-0.2, 0) is 4.79 Å². The second-order valence-electron chi connectivity index (χ2n) is 5.91. The van der Waals surface area contributed by atoms with E-state index < -0.39 is 0 Å². The van der Waals surface area contributed by atoms with Gasteiger partial charge in [-0.3, -0.25) is 9.59 Å². The van der Waals surface area contributed by atoms with Crippen molar-refractivity contribution in [3.05, 3.63) is 34.8 Å². The SMILES string of the molecule is CCNc1nc(C)c(C(=O)N2CCN(c3ccccc3OC)C(=O)C2)s1. The number of nitrogens with one attached hydrogen (secondary N) is 1. The lowest BCUT2D eigenvalue weighted by Gasteiger charge is -2.34. The summed E-state index contributed by atoms with van der Waals surface area (Å²) in [5, 5.41) is 3.85. The number of para-hydroxylation sites is 2. The molecule has 7 nitrogen and oxygen atoms in total. The molecular formula is C18H22N4O3S. The number of nitrogens with zero attached hydrogens (tertiary/aromatic N) is 3. The normalized spacial score (nSPS) is 14.5. The number of aryl methyl sites for hydroxylation is 1. The van der Waals surface area contributed by atoms with Crippen molar-refractivity contribution in [1.82, 2.24) is 9.88 Å². The zero-order valence-electron chi connectivity index (χ0n) is 15.1. The molecule has 2 aromatic rings. The smallest absolute Gasteiger partial charge is 0.266 e. The minimum Gasteiger partial charge on any atom is -0.495 e. The zero-order valence-corrected chi connectivity index (χ0v) is 15.9. The predicted molar refractivity (Wildman–Crippen MR) is 102 cm³/mol. The summed E-state index contributed by atoms with van der Waals surface area (Å²) in [5.41, 5.74) is 1.42. The highest BCUT2D eigenvalue weighted by Crippen LogP contribution is 2.30. The number of thiazole rings is 1. The van der Waals surface area contributed by atoms with Gasteiger partial charge in [0.05, 0.1) is 18.5 Å². The molecule has 1 N–H and O–H groups in total. The molecule has 3 rings (SSSR count). The number of ether oxygens (including phenoxy) is 1. The number of carbonyl (C=O) groups excluding carboxylic acids is 2. The fraction of sp³-hybridized carbons (Fsp3) is 0.389. The standard InChI is InChI=1S/C18H22N4O3S/c1-4-19-18-20-12(2)16(26-18)17(24)21-9-10-22(15(23)11-21)13-7-5-6-8-14(13)25-3/h5-8H,4,9-11H2,1-3H3,(H,19,20). The van der Waals surface area contributed by atoms with E-state index in [0.717, 1.165) is 17.4 Å². The van der Waals surface area contributed by atoms with Crippen molar-refractivity contribution in [2.45, 2.75) is 13.8 Å². The maximum Gasteiger partial charge on any atom is 0.266 e. The summed E-state index contributed by atoms with van der Waals surface area (Å²) in [7, 11) is 1.58. The second-order valence-corrected chi connectivity index (χ2v) is 6.91. The Morgan fingerprint density at radius 3 is 2.81 bits per heavy atom. The van der Waals surface area contributed by atoms with E-state index in [-0.39, 0.29) is 18.4 Å². The molecule has 138 valence electrons. The fourth-order valence-electron chi connectivity index (χ4n) is 2.92. The Hall–Kier alpha value is -2.61. The van der Waals surface area contributed by atoms with Crippen LogP contribution in [0.4, 0.5) is 10.8 Å². The summed E-state index contributed by atoms with van der Waals surface area (Å²) in [6.45, 7) is 5.49. The van der Waals surface area contributed by atoms with Crippen LogP contribution >= 0.6 is 11.3 Å². The van der Waals surface area contributed by atoms with Crippen LogP contribution in [-0.4, -0.2) is 55.0 Å². The molecule has 0 spiro atoms. The predicted octanol–water partition coefficient (Wildman–Crippen LogP) is 2.38. The molecule has 1 aliphatic rings. The summed E-state index contributed by atoms with van der Waals surface area (Å²) in [4.78, 5) is 33.7. The summed E-state index contributed by atoms with van der Waals surface area (Å²) < 4.78 is 5.34. The number of aromatic nitrogens is 1. The molecule has 0 atom stereocenters. The van der Waals surface area contributed by atoms with Crippen LogP contribution in [0.1, 0.15) is 22.3 Å². The van der Waals surface area contributed by atoms with Crippen LogP contribution < -0.4 is 15.0 Å². The van der Waals surface area contributed by atoms with Crippen molar-refractivity contribution in [3.63, 3.8) is 0 Å². The number of rotatable bonds is 5. The average Bonchev–Trinajstić information content (AvgIpc) is 3.01. The molecule has 2 heterocycles. The van der Waals surface area contributed by atoms with Gasteiger partial charge >= 0.3 is 0 Å². The molecular weight excluding hydrogens is 352 g/mol.